The molecule has 70 valence electrons. The van der Waals surface area contributed by atoms with Gasteiger partial charge in [0.2, 0.25) is 0 Å². The van der Waals surface area contributed by atoms with E-state index in [9.17, 15) is 0 Å². The van der Waals surface area contributed by atoms with E-state index in [1.54, 1.807) is 0 Å². The van der Waals surface area contributed by atoms with E-state index in [2.05, 4.69) is 29.5 Å². The molecule has 0 saturated carbocycles. The van der Waals surface area contributed by atoms with E-state index in [0.717, 1.165) is 19.0 Å². The molecule has 0 aromatic carbocycles. The van der Waals surface area contributed by atoms with E-state index in [1.165, 1.54) is 0 Å². The topological polar surface area (TPSA) is 62.4 Å². The number of nitrogens with zero attached hydrogens (tertiary/aromatic N) is 1. The number of rotatable bonds is 3. The molecule has 1 rings (SSSR count). The van der Waals surface area contributed by atoms with Crippen molar-refractivity contribution in [2.75, 3.05) is 19.6 Å². The van der Waals surface area contributed by atoms with Gasteiger partial charge in [-0.25, -0.2) is 0 Å². The third-order valence-corrected chi connectivity index (χ3v) is 2.05. The lowest BCUT2D eigenvalue weighted by Crippen LogP contribution is -2.47. The summed E-state index contributed by atoms with van der Waals surface area (Å²) in [5, 5.41) is 6.44. The van der Waals surface area contributed by atoms with Crippen molar-refractivity contribution in [2.45, 2.75) is 19.9 Å². The minimum Gasteiger partial charge on any atom is -0.355 e. The van der Waals surface area contributed by atoms with Gasteiger partial charge in [0.1, 0.15) is 0 Å². The first-order valence-electron chi connectivity index (χ1n) is 4.49. The van der Waals surface area contributed by atoms with Crippen molar-refractivity contribution < 1.29 is 0 Å². The highest BCUT2D eigenvalue weighted by molar-refractivity contribution is 5.81. The molecule has 0 bridgehead atoms. The molecule has 4 N–H and O–H groups in total. The Hall–Kier alpha value is -0.770. The summed E-state index contributed by atoms with van der Waals surface area (Å²) in [5.74, 6) is 1.44. The van der Waals surface area contributed by atoms with Crippen molar-refractivity contribution in [1.82, 2.24) is 10.6 Å². The number of nitrogens with one attached hydrogen (secondary N) is 2. The van der Waals surface area contributed by atoms with Gasteiger partial charge in [-0.3, -0.25) is 4.99 Å². The zero-order valence-electron chi connectivity index (χ0n) is 7.80. The summed E-state index contributed by atoms with van der Waals surface area (Å²) in [6.07, 6.45) is 0. The molecule has 12 heavy (non-hydrogen) atoms. The monoisotopic (exact) mass is 170 g/mol. The standard InChI is InChI=1S/C8H18N4/c1-6(2)7(5-9)12-8-10-3-4-11-8/h6-7H,3-5,9H2,1-2H3,(H2,10,11,12). The maximum absolute atomic E-state index is 5.61. The van der Waals surface area contributed by atoms with E-state index >= 15 is 0 Å². The largest absolute Gasteiger partial charge is 0.355 e. The van der Waals surface area contributed by atoms with Gasteiger partial charge < -0.3 is 16.4 Å². The summed E-state index contributed by atoms with van der Waals surface area (Å²) < 4.78 is 0. The number of nitrogens with two attached hydrogens (primary N) is 1. The van der Waals surface area contributed by atoms with Crippen LogP contribution >= 0.6 is 0 Å². The lowest BCUT2D eigenvalue weighted by molar-refractivity contribution is 0.458. The van der Waals surface area contributed by atoms with Crippen molar-refractivity contribution >= 4 is 5.96 Å². The van der Waals surface area contributed by atoms with Crippen LogP contribution in [0.3, 0.4) is 0 Å². The molecule has 1 unspecified atom stereocenters. The molecule has 0 fully saturated rings. The van der Waals surface area contributed by atoms with Crippen LogP contribution in [-0.2, 0) is 0 Å². The summed E-state index contributed by atoms with van der Waals surface area (Å²) in [4.78, 5) is 4.24. The Morgan fingerprint density at radius 3 is 2.83 bits per heavy atom. The minimum absolute atomic E-state index is 0.328. The molecule has 0 saturated heterocycles. The zero-order chi connectivity index (χ0) is 8.97. The second kappa shape index (κ2) is 4.30. The molecule has 1 heterocycles. The predicted molar refractivity (Wildman–Crippen MR) is 51.1 cm³/mol. The fraction of sp³-hybridized carbons (Fsp3) is 0.875. The van der Waals surface area contributed by atoms with E-state index in [-0.39, 0.29) is 0 Å². The lowest BCUT2D eigenvalue weighted by Gasteiger charge is -2.21. The van der Waals surface area contributed by atoms with Crippen LogP contribution < -0.4 is 16.4 Å². The van der Waals surface area contributed by atoms with Crippen LogP contribution in [0, 0.1) is 5.92 Å². The first-order valence-corrected chi connectivity index (χ1v) is 4.49. The second-order valence-electron chi connectivity index (χ2n) is 3.39. The molecular weight excluding hydrogens is 152 g/mol. The first kappa shape index (κ1) is 9.32. The third kappa shape index (κ3) is 2.37. The van der Waals surface area contributed by atoms with Crippen LogP contribution in [0.15, 0.2) is 4.99 Å². The number of hydrogen-bond donors (Lipinski definition) is 3. The molecule has 4 heteroatoms. The van der Waals surface area contributed by atoms with Gasteiger partial charge in [-0.05, 0) is 5.92 Å². The van der Waals surface area contributed by atoms with Gasteiger partial charge in [-0.1, -0.05) is 13.8 Å². The van der Waals surface area contributed by atoms with Crippen molar-refractivity contribution in [1.29, 1.82) is 0 Å². The average Bonchev–Trinajstić information content (AvgIpc) is 2.51. The normalized spacial score (nSPS) is 18.8. The molecule has 4 nitrogen and oxygen atoms in total. The fourth-order valence-corrected chi connectivity index (χ4v) is 1.17. The zero-order valence-corrected chi connectivity index (χ0v) is 7.80. The molecule has 0 radical (unpaired) electrons. The SMILES string of the molecule is CC(C)C(CN)NC1=NCCN1. The highest BCUT2D eigenvalue weighted by Gasteiger charge is 2.14. The highest BCUT2D eigenvalue weighted by atomic mass is 15.2. The Morgan fingerprint density at radius 2 is 2.42 bits per heavy atom. The van der Waals surface area contributed by atoms with Crippen LogP contribution in [-0.4, -0.2) is 31.6 Å². The van der Waals surface area contributed by atoms with Crippen molar-refractivity contribution in [3.63, 3.8) is 0 Å². The Labute approximate surface area is 73.6 Å². The fourth-order valence-electron chi connectivity index (χ4n) is 1.17. The van der Waals surface area contributed by atoms with Crippen LogP contribution in [0.1, 0.15) is 13.8 Å². The van der Waals surface area contributed by atoms with Gasteiger partial charge in [0.25, 0.3) is 0 Å². The number of guanidine groups is 1. The Morgan fingerprint density at radius 1 is 1.67 bits per heavy atom. The summed E-state index contributed by atoms with van der Waals surface area (Å²) >= 11 is 0. The summed E-state index contributed by atoms with van der Waals surface area (Å²) in [7, 11) is 0. The predicted octanol–water partition coefficient (Wildman–Crippen LogP) is -0.481. The molecule has 1 atom stereocenters. The van der Waals surface area contributed by atoms with Gasteiger partial charge in [-0.2, -0.15) is 0 Å². The van der Waals surface area contributed by atoms with Crippen LogP contribution in [0.25, 0.3) is 0 Å². The molecule has 0 aromatic heterocycles. The maximum atomic E-state index is 5.61. The number of aliphatic imine (C=N–C) groups is 1. The number of hydrogen-bond acceptors (Lipinski definition) is 4. The Kier molecular flexibility index (Phi) is 3.34. The van der Waals surface area contributed by atoms with Gasteiger partial charge in [0.05, 0.1) is 6.54 Å². The van der Waals surface area contributed by atoms with E-state index in [4.69, 9.17) is 5.73 Å². The summed E-state index contributed by atoms with van der Waals surface area (Å²) in [6, 6.07) is 0.328. The van der Waals surface area contributed by atoms with Crippen molar-refractivity contribution in [2.24, 2.45) is 16.6 Å². The summed E-state index contributed by atoms with van der Waals surface area (Å²) in [5.41, 5.74) is 5.61. The van der Waals surface area contributed by atoms with E-state index in [0.29, 0.717) is 18.5 Å². The molecular formula is C8H18N4. The van der Waals surface area contributed by atoms with Gasteiger partial charge >= 0.3 is 0 Å². The van der Waals surface area contributed by atoms with Crippen LogP contribution in [0.5, 0.6) is 0 Å². The average molecular weight is 170 g/mol. The quantitative estimate of drug-likeness (QED) is 0.536. The molecule has 1 aliphatic heterocycles. The molecule has 0 amide bonds. The van der Waals surface area contributed by atoms with Crippen LogP contribution in [0.4, 0.5) is 0 Å². The van der Waals surface area contributed by atoms with Gasteiger partial charge in [-0.15, -0.1) is 0 Å². The maximum Gasteiger partial charge on any atom is 0.191 e. The van der Waals surface area contributed by atoms with Crippen molar-refractivity contribution in [3.05, 3.63) is 0 Å². The van der Waals surface area contributed by atoms with E-state index < -0.39 is 0 Å². The van der Waals surface area contributed by atoms with Crippen LogP contribution in [0.2, 0.25) is 0 Å². The molecule has 1 aliphatic rings. The molecule has 0 spiro atoms. The van der Waals surface area contributed by atoms with E-state index in [1.807, 2.05) is 0 Å². The first-order chi connectivity index (χ1) is 5.74. The second-order valence-corrected chi connectivity index (χ2v) is 3.39. The minimum atomic E-state index is 0.328. The molecule has 0 aliphatic carbocycles. The van der Waals surface area contributed by atoms with Crippen molar-refractivity contribution in [3.8, 4) is 0 Å². The Balaban J connectivity index is 2.36. The Bertz CT molecular complexity index is 164. The third-order valence-electron chi connectivity index (χ3n) is 2.05. The van der Waals surface area contributed by atoms with Gasteiger partial charge in [0, 0.05) is 19.1 Å². The lowest BCUT2D eigenvalue weighted by atomic mass is 10.1. The highest BCUT2D eigenvalue weighted by Crippen LogP contribution is 1.99. The van der Waals surface area contributed by atoms with Gasteiger partial charge in [0.15, 0.2) is 5.96 Å². The smallest absolute Gasteiger partial charge is 0.191 e. The molecule has 0 aromatic rings. The summed E-state index contributed by atoms with van der Waals surface area (Å²) in [6.45, 7) is 6.77.